The Balaban J connectivity index is 1.61. The molecule has 1 heterocycles. The lowest BCUT2D eigenvalue weighted by Crippen LogP contribution is -2.41. The molecule has 1 amide bonds. The fraction of sp³-hybridized carbons (Fsp3) is 0.130. The second kappa shape index (κ2) is 8.20. The van der Waals surface area contributed by atoms with Gasteiger partial charge in [-0.05, 0) is 35.9 Å². The minimum Gasteiger partial charge on any atom is -0.484 e. The van der Waals surface area contributed by atoms with E-state index in [1.54, 1.807) is 36.0 Å². The summed E-state index contributed by atoms with van der Waals surface area (Å²) in [4.78, 5) is 16.1. The van der Waals surface area contributed by atoms with Gasteiger partial charge in [0.15, 0.2) is 6.61 Å². The Hall–Kier alpha value is -3.23. The van der Waals surface area contributed by atoms with E-state index in [0.29, 0.717) is 11.3 Å². The molecule has 1 atom stereocenters. The molecule has 1 unspecified atom stereocenters. The van der Waals surface area contributed by atoms with Crippen LogP contribution in [0.3, 0.4) is 0 Å². The molecule has 0 bridgehead atoms. The van der Waals surface area contributed by atoms with E-state index < -0.39 is 0 Å². The summed E-state index contributed by atoms with van der Waals surface area (Å²) in [5.41, 5.74) is 2.52. The molecule has 0 aromatic heterocycles. The summed E-state index contributed by atoms with van der Waals surface area (Å²) >= 11 is 1.76. The van der Waals surface area contributed by atoms with E-state index in [9.17, 15) is 4.79 Å². The molecule has 0 radical (unpaired) electrons. The molecule has 0 N–H and O–H groups in total. The zero-order chi connectivity index (χ0) is 19.3. The second-order valence-corrected chi connectivity index (χ2v) is 7.46. The minimum absolute atomic E-state index is 0.0531. The van der Waals surface area contributed by atoms with Gasteiger partial charge in [-0.25, -0.2) is 0 Å². The van der Waals surface area contributed by atoms with Crippen molar-refractivity contribution in [3.8, 4) is 11.8 Å². The van der Waals surface area contributed by atoms with Crippen molar-refractivity contribution in [2.24, 2.45) is 0 Å². The van der Waals surface area contributed by atoms with Crippen LogP contribution in [0.1, 0.15) is 17.2 Å². The number of carbonyl (C=O) groups is 1. The van der Waals surface area contributed by atoms with Crippen LogP contribution >= 0.6 is 11.8 Å². The van der Waals surface area contributed by atoms with Crippen LogP contribution < -0.4 is 9.64 Å². The molecule has 0 aliphatic carbocycles. The van der Waals surface area contributed by atoms with Gasteiger partial charge in [0.25, 0.3) is 5.91 Å². The number of nitrogens with zero attached hydrogens (tertiary/aromatic N) is 2. The molecule has 28 heavy (non-hydrogen) atoms. The van der Waals surface area contributed by atoms with Crippen molar-refractivity contribution in [3.63, 3.8) is 0 Å². The van der Waals surface area contributed by atoms with Crippen molar-refractivity contribution in [3.05, 3.63) is 90.0 Å². The number of carbonyl (C=O) groups excluding carboxylic acids is 1. The van der Waals surface area contributed by atoms with E-state index in [2.05, 4.69) is 18.2 Å². The van der Waals surface area contributed by atoms with Crippen molar-refractivity contribution in [2.75, 3.05) is 17.3 Å². The first-order chi connectivity index (χ1) is 13.8. The van der Waals surface area contributed by atoms with Crippen molar-refractivity contribution in [1.29, 1.82) is 5.26 Å². The van der Waals surface area contributed by atoms with Crippen LogP contribution in [-0.4, -0.2) is 18.3 Å². The Morgan fingerprint density at radius 3 is 2.68 bits per heavy atom. The number of fused-ring (bicyclic) bond motifs is 1. The van der Waals surface area contributed by atoms with Gasteiger partial charge >= 0.3 is 0 Å². The molecular weight excluding hydrogens is 368 g/mol. The fourth-order valence-electron chi connectivity index (χ4n) is 3.29. The van der Waals surface area contributed by atoms with Crippen molar-refractivity contribution < 1.29 is 9.53 Å². The van der Waals surface area contributed by atoms with Gasteiger partial charge in [-0.15, -0.1) is 11.8 Å². The van der Waals surface area contributed by atoms with Gasteiger partial charge in [0, 0.05) is 10.6 Å². The highest BCUT2D eigenvalue weighted by Crippen LogP contribution is 2.43. The number of para-hydroxylation sites is 1. The second-order valence-electron chi connectivity index (χ2n) is 6.40. The smallest absolute Gasteiger partial charge is 0.265 e. The quantitative estimate of drug-likeness (QED) is 0.645. The SMILES string of the molecule is N#Cc1cccc(OCC(=O)N2c3ccccc3SCC2c2ccccc2)c1. The molecule has 5 heteroatoms. The molecule has 0 saturated carbocycles. The van der Waals surface area contributed by atoms with Crippen molar-refractivity contribution >= 4 is 23.4 Å². The molecule has 4 rings (SSSR count). The number of hydrogen-bond acceptors (Lipinski definition) is 4. The lowest BCUT2D eigenvalue weighted by Gasteiger charge is -2.37. The van der Waals surface area contributed by atoms with E-state index in [0.717, 1.165) is 21.9 Å². The average molecular weight is 386 g/mol. The van der Waals surface area contributed by atoms with E-state index in [1.165, 1.54) is 0 Å². The van der Waals surface area contributed by atoms with Gasteiger partial charge in [0.05, 0.1) is 23.4 Å². The Labute approximate surface area is 168 Å². The fourth-order valence-corrected chi connectivity index (χ4v) is 4.46. The van der Waals surface area contributed by atoms with Gasteiger partial charge in [-0.3, -0.25) is 9.69 Å². The molecule has 3 aromatic carbocycles. The molecule has 4 nitrogen and oxygen atoms in total. The number of rotatable bonds is 4. The molecule has 0 saturated heterocycles. The van der Waals surface area contributed by atoms with Crippen LogP contribution in [0.25, 0.3) is 0 Å². The van der Waals surface area contributed by atoms with Gasteiger partial charge in [0.2, 0.25) is 0 Å². The zero-order valence-electron chi connectivity index (χ0n) is 15.1. The predicted molar refractivity (Wildman–Crippen MR) is 110 cm³/mol. The normalized spacial score (nSPS) is 15.4. The van der Waals surface area contributed by atoms with Crippen LogP contribution in [0.5, 0.6) is 5.75 Å². The lowest BCUT2D eigenvalue weighted by molar-refractivity contribution is -0.121. The number of hydrogen-bond donors (Lipinski definition) is 0. The Bertz CT molecular complexity index is 1030. The van der Waals surface area contributed by atoms with E-state index in [-0.39, 0.29) is 18.6 Å². The largest absolute Gasteiger partial charge is 0.484 e. The zero-order valence-corrected chi connectivity index (χ0v) is 15.9. The Morgan fingerprint density at radius 1 is 1.07 bits per heavy atom. The number of benzene rings is 3. The third kappa shape index (κ3) is 3.73. The molecule has 1 aliphatic heterocycles. The molecule has 0 fully saturated rings. The standard InChI is InChI=1S/C23H18N2O2S/c24-14-17-7-6-10-19(13-17)27-15-23(26)25-20-11-4-5-12-22(20)28-16-21(25)18-8-2-1-3-9-18/h1-13,21H,15-16H2. The Kier molecular flexibility index (Phi) is 5.31. The topological polar surface area (TPSA) is 53.3 Å². The lowest BCUT2D eigenvalue weighted by atomic mass is 10.1. The minimum atomic E-state index is -0.107. The maximum atomic E-state index is 13.2. The van der Waals surface area contributed by atoms with Crippen molar-refractivity contribution in [2.45, 2.75) is 10.9 Å². The third-order valence-corrected chi connectivity index (χ3v) is 5.75. The first-order valence-corrected chi connectivity index (χ1v) is 9.96. The van der Waals surface area contributed by atoms with Crippen LogP contribution in [0.15, 0.2) is 83.8 Å². The molecule has 3 aromatic rings. The monoisotopic (exact) mass is 386 g/mol. The average Bonchev–Trinajstić information content (AvgIpc) is 2.77. The number of thioether (sulfide) groups is 1. The summed E-state index contributed by atoms with van der Waals surface area (Å²) in [7, 11) is 0. The number of amides is 1. The van der Waals surface area contributed by atoms with Crippen LogP contribution in [0.2, 0.25) is 0 Å². The molecular formula is C23H18N2O2S. The van der Waals surface area contributed by atoms with Gasteiger partial charge in [0.1, 0.15) is 5.75 Å². The van der Waals surface area contributed by atoms with Gasteiger partial charge in [-0.2, -0.15) is 5.26 Å². The maximum Gasteiger partial charge on any atom is 0.265 e. The van der Waals surface area contributed by atoms with E-state index in [1.807, 2.05) is 47.4 Å². The summed E-state index contributed by atoms with van der Waals surface area (Å²) in [6.07, 6.45) is 0. The highest BCUT2D eigenvalue weighted by molar-refractivity contribution is 7.99. The summed E-state index contributed by atoms with van der Waals surface area (Å²) in [5.74, 6) is 1.20. The predicted octanol–water partition coefficient (Wildman–Crippen LogP) is 4.82. The summed E-state index contributed by atoms with van der Waals surface area (Å²) in [5, 5.41) is 9.03. The van der Waals surface area contributed by atoms with Gasteiger partial charge < -0.3 is 4.74 Å². The molecule has 138 valence electrons. The molecule has 0 spiro atoms. The first-order valence-electron chi connectivity index (χ1n) is 8.98. The van der Waals surface area contributed by atoms with Crippen LogP contribution in [0, 0.1) is 11.3 Å². The number of nitriles is 1. The number of ether oxygens (including phenoxy) is 1. The van der Waals surface area contributed by atoms with Gasteiger partial charge in [-0.1, -0.05) is 48.5 Å². The summed E-state index contributed by atoms with van der Waals surface area (Å²) in [6, 6.07) is 26.9. The van der Waals surface area contributed by atoms with E-state index >= 15 is 0 Å². The highest BCUT2D eigenvalue weighted by Gasteiger charge is 2.32. The Morgan fingerprint density at radius 2 is 1.86 bits per heavy atom. The summed E-state index contributed by atoms with van der Waals surface area (Å²) in [6.45, 7) is -0.0861. The van der Waals surface area contributed by atoms with E-state index in [4.69, 9.17) is 10.00 Å². The van der Waals surface area contributed by atoms with Crippen LogP contribution in [-0.2, 0) is 4.79 Å². The van der Waals surface area contributed by atoms with Crippen LogP contribution in [0.4, 0.5) is 5.69 Å². The maximum absolute atomic E-state index is 13.2. The highest BCUT2D eigenvalue weighted by atomic mass is 32.2. The third-order valence-electron chi connectivity index (χ3n) is 4.61. The molecule has 1 aliphatic rings. The first kappa shape index (κ1) is 18.1. The summed E-state index contributed by atoms with van der Waals surface area (Å²) < 4.78 is 5.71. The van der Waals surface area contributed by atoms with Crippen molar-refractivity contribution in [1.82, 2.24) is 0 Å². The number of anilines is 1.